The molecule has 0 bridgehead atoms. The molecule has 2 aliphatic carbocycles. The predicted octanol–water partition coefficient (Wildman–Crippen LogP) is 1.58. The fourth-order valence-electron chi connectivity index (χ4n) is 5.26. The SMILES string of the molecule is O=C(NCC1CC1)[C@@H]1N[C@@H]2c3ccc(C4=CCCCC4)c(=O)n3C[C@@H]2[C@H]1CO. The van der Waals surface area contributed by atoms with Crippen molar-refractivity contribution >= 4 is 11.5 Å². The Labute approximate surface area is 165 Å². The van der Waals surface area contributed by atoms with Gasteiger partial charge in [0.15, 0.2) is 0 Å². The molecule has 6 heteroatoms. The second-order valence-electron chi connectivity index (χ2n) is 8.88. The van der Waals surface area contributed by atoms with Crippen molar-refractivity contribution in [1.82, 2.24) is 15.2 Å². The van der Waals surface area contributed by atoms with Crippen LogP contribution < -0.4 is 16.2 Å². The molecule has 2 fully saturated rings. The third-order valence-corrected chi connectivity index (χ3v) is 7.08. The van der Waals surface area contributed by atoms with Gasteiger partial charge in [-0.2, -0.15) is 0 Å². The van der Waals surface area contributed by atoms with E-state index in [4.69, 9.17) is 0 Å². The van der Waals surface area contributed by atoms with Crippen LogP contribution in [0.4, 0.5) is 0 Å². The number of nitrogens with zero attached hydrogens (tertiary/aromatic N) is 1. The lowest BCUT2D eigenvalue weighted by Crippen LogP contribution is -2.46. The van der Waals surface area contributed by atoms with Crippen LogP contribution in [0.15, 0.2) is 23.0 Å². The maximum Gasteiger partial charge on any atom is 0.258 e. The number of amides is 1. The number of carbonyl (C=O) groups excluding carboxylic acids is 1. The first-order valence-corrected chi connectivity index (χ1v) is 10.7. The molecule has 4 atom stereocenters. The van der Waals surface area contributed by atoms with E-state index < -0.39 is 0 Å². The number of pyridine rings is 1. The fraction of sp³-hybridized carbons (Fsp3) is 0.636. The molecule has 1 aromatic rings. The molecule has 1 saturated carbocycles. The van der Waals surface area contributed by atoms with Gasteiger partial charge in [-0.05, 0) is 62.1 Å². The highest BCUT2D eigenvalue weighted by atomic mass is 16.3. The van der Waals surface area contributed by atoms with Crippen molar-refractivity contribution in [1.29, 1.82) is 0 Å². The molecule has 28 heavy (non-hydrogen) atoms. The van der Waals surface area contributed by atoms with E-state index in [1.54, 1.807) is 0 Å². The summed E-state index contributed by atoms with van der Waals surface area (Å²) in [5, 5.41) is 16.5. The molecule has 6 nitrogen and oxygen atoms in total. The number of aliphatic hydroxyl groups excluding tert-OH is 1. The van der Waals surface area contributed by atoms with Crippen LogP contribution in [0.2, 0.25) is 0 Å². The van der Waals surface area contributed by atoms with Crippen molar-refractivity contribution in [2.24, 2.45) is 17.8 Å². The van der Waals surface area contributed by atoms with Crippen LogP contribution in [0.5, 0.6) is 0 Å². The monoisotopic (exact) mass is 383 g/mol. The van der Waals surface area contributed by atoms with Crippen LogP contribution in [0.3, 0.4) is 0 Å². The Kier molecular flexibility index (Phi) is 4.63. The Morgan fingerprint density at radius 3 is 2.86 bits per heavy atom. The van der Waals surface area contributed by atoms with E-state index in [2.05, 4.69) is 16.7 Å². The Bertz CT molecular complexity index is 870. The average Bonchev–Trinajstić information content (AvgIpc) is 3.37. The first-order chi connectivity index (χ1) is 13.7. The van der Waals surface area contributed by atoms with Gasteiger partial charge < -0.3 is 15.0 Å². The molecule has 1 saturated heterocycles. The highest BCUT2D eigenvalue weighted by Crippen LogP contribution is 2.43. The van der Waals surface area contributed by atoms with E-state index in [0.717, 1.165) is 37.1 Å². The number of aromatic nitrogens is 1. The van der Waals surface area contributed by atoms with Gasteiger partial charge in [0.25, 0.3) is 5.56 Å². The van der Waals surface area contributed by atoms with Crippen molar-refractivity contribution in [3.8, 4) is 0 Å². The summed E-state index contributed by atoms with van der Waals surface area (Å²) in [6.45, 7) is 1.26. The molecule has 4 aliphatic rings. The zero-order chi connectivity index (χ0) is 19.3. The Morgan fingerprint density at radius 1 is 1.29 bits per heavy atom. The van der Waals surface area contributed by atoms with Crippen LogP contribution in [0.25, 0.3) is 5.57 Å². The molecule has 0 unspecified atom stereocenters. The second kappa shape index (κ2) is 7.16. The molecule has 3 heterocycles. The van der Waals surface area contributed by atoms with E-state index in [1.807, 2.05) is 16.7 Å². The number of carbonyl (C=O) groups is 1. The number of hydrogen-bond donors (Lipinski definition) is 3. The third kappa shape index (κ3) is 3.03. The molecule has 1 aromatic heterocycles. The zero-order valence-corrected chi connectivity index (χ0v) is 16.2. The van der Waals surface area contributed by atoms with E-state index in [0.29, 0.717) is 12.5 Å². The van der Waals surface area contributed by atoms with Crippen molar-refractivity contribution in [2.45, 2.75) is 57.2 Å². The van der Waals surface area contributed by atoms with Crippen molar-refractivity contribution in [3.63, 3.8) is 0 Å². The lowest BCUT2D eigenvalue weighted by molar-refractivity contribution is -0.124. The van der Waals surface area contributed by atoms with Gasteiger partial charge in [0.1, 0.15) is 0 Å². The van der Waals surface area contributed by atoms with Crippen LogP contribution in [0, 0.1) is 17.8 Å². The summed E-state index contributed by atoms with van der Waals surface area (Å²) in [6.07, 6.45) is 8.97. The van der Waals surface area contributed by atoms with E-state index in [9.17, 15) is 14.7 Å². The Morgan fingerprint density at radius 2 is 2.14 bits per heavy atom. The first-order valence-electron chi connectivity index (χ1n) is 10.7. The molecule has 0 radical (unpaired) electrons. The standard InChI is InChI=1S/C22H29N3O3/c26-12-17-16-11-25-18(9-8-15(22(25)28)14-4-2-1-3-5-14)19(16)24-20(17)21(27)23-10-13-6-7-13/h4,8-9,13,16-17,19-20,24,26H,1-3,5-7,10-12H2,(H,23,27)/t16-,17-,19+,20-/m1/s1. The summed E-state index contributed by atoms with van der Waals surface area (Å²) in [5.74, 6) is 0.522. The minimum atomic E-state index is -0.386. The van der Waals surface area contributed by atoms with E-state index in [-0.39, 0.29) is 42.0 Å². The highest BCUT2D eigenvalue weighted by molar-refractivity contribution is 5.82. The van der Waals surface area contributed by atoms with Gasteiger partial charge in [0, 0.05) is 42.8 Å². The van der Waals surface area contributed by atoms with Crippen molar-refractivity contribution in [3.05, 3.63) is 39.8 Å². The lowest BCUT2D eigenvalue weighted by Gasteiger charge is -2.21. The molecule has 0 aromatic carbocycles. The summed E-state index contributed by atoms with van der Waals surface area (Å²) in [7, 11) is 0. The third-order valence-electron chi connectivity index (χ3n) is 7.08. The van der Waals surface area contributed by atoms with Crippen LogP contribution in [-0.2, 0) is 11.3 Å². The topological polar surface area (TPSA) is 83.4 Å². The fourth-order valence-corrected chi connectivity index (χ4v) is 5.26. The van der Waals surface area contributed by atoms with Crippen molar-refractivity contribution < 1.29 is 9.90 Å². The number of hydrogen-bond acceptors (Lipinski definition) is 4. The molecule has 5 rings (SSSR count). The lowest BCUT2D eigenvalue weighted by atomic mass is 9.88. The smallest absolute Gasteiger partial charge is 0.258 e. The number of aliphatic hydroxyl groups is 1. The number of nitrogens with one attached hydrogen (secondary N) is 2. The molecule has 2 aliphatic heterocycles. The minimum absolute atomic E-state index is 0.0155. The van der Waals surface area contributed by atoms with Crippen LogP contribution in [0.1, 0.15) is 55.8 Å². The quantitative estimate of drug-likeness (QED) is 0.721. The predicted molar refractivity (Wildman–Crippen MR) is 107 cm³/mol. The van der Waals surface area contributed by atoms with Crippen molar-refractivity contribution in [2.75, 3.05) is 13.2 Å². The Balaban J connectivity index is 1.39. The highest BCUT2D eigenvalue weighted by Gasteiger charge is 2.50. The summed E-state index contributed by atoms with van der Waals surface area (Å²) < 4.78 is 1.87. The van der Waals surface area contributed by atoms with Gasteiger partial charge in [-0.1, -0.05) is 6.08 Å². The number of allylic oxidation sites excluding steroid dienone is 2. The molecular formula is C22H29N3O3. The second-order valence-corrected chi connectivity index (χ2v) is 8.88. The van der Waals surface area contributed by atoms with Gasteiger partial charge in [-0.3, -0.25) is 14.9 Å². The summed E-state index contributed by atoms with van der Waals surface area (Å²) in [4.78, 5) is 25.8. The number of rotatable bonds is 5. The maximum atomic E-state index is 13.1. The molecule has 150 valence electrons. The summed E-state index contributed by atoms with van der Waals surface area (Å²) >= 11 is 0. The van der Waals surface area contributed by atoms with Gasteiger partial charge in [-0.25, -0.2) is 0 Å². The number of fused-ring (bicyclic) bond motifs is 3. The van der Waals surface area contributed by atoms with E-state index >= 15 is 0 Å². The Hall–Kier alpha value is -1.92. The largest absolute Gasteiger partial charge is 0.396 e. The van der Waals surface area contributed by atoms with E-state index in [1.165, 1.54) is 24.8 Å². The molecule has 0 spiro atoms. The first kappa shape index (κ1) is 18.1. The average molecular weight is 383 g/mol. The molecule has 3 N–H and O–H groups in total. The van der Waals surface area contributed by atoms with Gasteiger partial charge in [0.2, 0.25) is 5.91 Å². The normalized spacial score (nSPS) is 31.2. The summed E-state index contributed by atoms with van der Waals surface area (Å²) in [6, 6.07) is 3.58. The van der Waals surface area contributed by atoms with Crippen LogP contribution in [-0.4, -0.2) is 34.8 Å². The van der Waals surface area contributed by atoms with Gasteiger partial charge in [-0.15, -0.1) is 0 Å². The van der Waals surface area contributed by atoms with Gasteiger partial charge >= 0.3 is 0 Å². The molecular weight excluding hydrogens is 354 g/mol. The van der Waals surface area contributed by atoms with Gasteiger partial charge in [0.05, 0.1) is 12.1 Å². The van der Waals surface area contributed by atoms with Crippen LogP contribution >= 0.6 is 0 Å². The maximum absolute atomic E-state index is 13.1. The molecule has 1 amide bonds. The summed E-state index contributed by atoms with van der Waals surface area (Å²) in [5.41, 5.74) is 3.02. The minimum Gasteiger partial charge on any atom is -0.396 e. The zero-order valence-electron chi connectivity index (χ0n) is 16.2.